The molecule has 1 fully saturated rings. The van der Waals surface area contributed by atoms with Gasteiger partial charge in [0.25, 0.3) is 0 Å². The quantitative estimate of drug-likeness (QED) is 0.487. The van der Waals surface area contributed by atoms with E-state index in [2.05, 4.69) is 20.4 Å². The number of nitrogens with zero attached hydrogens (tertiary/aromatic N) is 5. The Morgan fingerprint density at radius 3 is 2.47 bits per heavy atom. The first kappa shape index (κ1) is 22.0. The van der Waals surface area contributed by atoms with Crippen molar-refractivity contribution >= 4 is 22.6 Å². The van der Waals surface area contributed by atoms with E-state index in [0.29, 0.717) is 31.5 Å². The Labute approximate surface area is 197 Å². The molecule has 1 N–H and O–H groups in total. The van der Waals surface area contributed by atoms with Crippen molar-refractivity contribution in [2.45, 2.75) is 33.2 Å². The number of halogens is 1. The van der Waals surface area contributed by atoms with Gasteiger partial charge < -0.3 is 10.2 Å². The molecule has 0 spiro atoms. The molecule has 0 aliphatic carbocycles. The summed E-state index contributed by atoms with van der Waals surface area (Å²) in [5, 5.41) is 17.7. The summed E-state index contributed by atoms with van der Waals surface area (Å²) < 4.78 is 15.8. The Balaban J connectivity index is 1.31. The second-order valence-corrected chi connectivity index (χ2v) is 8.74. The van der Waals surface area contributed by atoms with E-state index in [0.717, 1.165) is 33.8 Å². The number of para-hydroxylation sites is 1. The molecule has 2 aromatic carbocycles. The van der Waals surface area contributed by atoms with E-state index >= 15 is 0 Å². The Hall–Kier alpha value is -3.81. The van der Waals surface area contributed by atoms with Crippen molar-refractivity contribution < 1.29 is 9.18 Å². The van der Waals surface area contributed by atoms with E-state index in [9.17, 15) is 9.18 Å². The molecule has 7 nitrogen and oxygen atoms in total. The number of carbonyl (C=O) groups is 1. The summed E-state index contributed by atoms with van der Waals surface area (Å²) >= 11 is 0. The minimum atomic E-state index is -0.301. The molecule has 1 aliphatic heterocycles. The maximum Gasteiger partial charge on any atom is 0.223 e. The fourth-order valence-electron chi connectivity index (χ4n) is 4.67. The summed E-state index contributed by atoms with van der Waals surface area (Å²) in [4.78, 5) is 14.9. The molecule has 1 aliphatic rings. The summed E-state index contributed by atoms with van der Waals surface area (Å²) in [5.41, 5.74) is 4.19. The number of anilines is 1. The monoisotopic (exact) mass is 458 g/mol. The van der Waals surface area contributed by atoms with Crippen LogP contribution in [0.3, 0.4) is 0 Å². The molecule has 3 heterocycles. The zero-order valence-electron chi connectivity index (χ0n) is 19.3. The van der Waals surface area contributed by atoms with Crippen LogP contribution in [0.25, 0.3) is 16.6 Å². The zero-order chi connectivity index (χ0) is 23.7. The van der Waals surface area contributed by atoms with Crippen LogP contribution >= 0.6 is 0 Å². The minimum Gasteiger partial charge on any atom is -0.353 e. The lowest BCUT2D eigenvalue weighted by atomic mass is 9.95. The van der Waals surface area contributed by atoms with Crippen LogP contribution in [0.2, 0.25) is 0 Å². The predicted molar refractivity (Wildman–Crippen MR) is 129 cm³/mol. The topological polar surface area (TPSA) is 75.9 Å². The fraction of sp³-hybridized carbons (Fsp3) is 0.308. The van der Waals surface area contributed by atoms with Gasteiger partial charge in [-0.15, -0.1) is 5.10 Å². The van der Waals surface area contributed by atoms with Crippen LogP contribution in [0.15, 0.2) is 54.6 Å². The first-order valence-electron chi connectivity index (χ1n) is 11.6. The maximum atomic E-state index is 13.8. The summed E-state index contributed by atoms with van der Waals surface area (Å²) in [6.45, 7) is 5.57. The highest BCUT2D eigenvalue weighted by atomic mass is 19.1. The standard InChI is InChI=1S/C26H27FN6O/c1-17-23-18(2)33(21-9-4-3-5-10-21)31-24(23)25(30-29-17)32-14-12-19(13-15-32)26(34)28-16-20-8-6-7-11-22(20)27/h3-11,19H,12-16H2,1-2H3,(H,28,34). The molecule has 0 saturated carbocycles. The molecule has 0 atom stereocenters. The number of amides is 1. The largest absolute Gasteiger partial charge is 0.353 e. The Kier molecular flexibility index (Phi) is 5.96. The van der Waals surface area contributed by atoms with Gasteiger partial charge in [-0.05, 0) is 44.9 Å². The Morgan fingerprint density at radius 1 is 1.03 bits per heavy atom. The van der Waals surface area contributed by atoms with Crippen molar-refractivity contribution in [3.05, 3.63) is 77.4 Å². The zero-order valence-corrected chi connectivity index (χ0v) is 19.3. The SMILES string of the molecule is Cc1nnc(N2CCC(C(=O)NCc3ccccc3F)CC2)c2nn(-c3ccccc3)c(C)c12. The van der Waals surface area contributed by atoms with Crippen LogP contribution < -0.4 is 10.2 Å². The Bertz CT molecular complexity index is 1330. The molecular weight excluding hydrogens is 431 g/mol. The maximum absolute atomic E-state index is 13.8. The van der Waals surface area contributed by atoms with Crippen LogP contribution in [0.1, 0.15) is 29.8 Å². The van der Waals surface area contributed by atoms with Crippen LogP contribution in [0.5, 0.6) is 0 Å². The van der Waals surface area contributed by atoms with Gasteiger partial charge in [-0.3, -0.25) is 4.79 Å². The third-order valence-electron chi connectivity index (χ3n) is 6.56. The highest BCUT2D eigenvalue weighted by Gasteiger charge is 2.28. The van der Waals surface area contributed by atoms with Crippen molar-refractivity contribution in [2.24, 2.45) is 5.92 Å². The van der Waals surface area contributed by atoms with Gasteiger partial charge in [-0.25, -0.2) is 9.07 Å². The molecule has 8 heteroatoms. The highest BCUT2D eigenvalue weighted by molar-refractivity contribution is 5.92. The summed E-state index contributed by atoms with van der Waals surface area (Å²) in [6, 6.07) is 16.5. The number of hydrogen-bond donors (Lipinski definition) is 1. The number of benzene rings is 2. The molecule has 2 aromatic heterocycles. The lowest BCUT2D eigenvalue weighted by Gasteiger charge is -2.32. The van der Waals surface area contributed by atoms with E-state index in [-0.39, 0.29) is 24.2 Å². The average Bonchev–Trinajstić information content (AvgIpc) is 3.22. The number of aromatic nitrogens is 4. The van der Waals surface area contributed by atoms with Gasteiger partial charge in [0.2, 0.25) is 5.91 Å². The third-order valence-corrected chi connectivity index (χ3v) is 6.56. The molecule has 174 valence electrons. The molecule has 0 unspecified atom stereocenters. The van der Waals surface area contributed by atoms with Gasteiger partial charge in [0.05, 0.1) is 22.5 Å². The number of fused-ring (bicyclic) bond motifs is 1. The van der Waals surface area contributed by atoms with E-state index in [1.54, 1.807) is 18.2 Å². The van der Waals surface area contributed by atoms with E-state index in [1.807, 2.05) is 48.9 Å². The van der Waals surface area contributed by atoms with Crippen molar-refractivity contribution in [1.82, 2.24) is 25.3 Å². The molecule has 4 aromatic rings. The molecule has 0 bridgehead atoms. The van der Waals surface area contributed by atoms with Crippen LogP contribution in [-0.4, -0.2) is 39.0 Å². The second-order valence-electron chi connectivity index (χ2n) is 8.74. The minimum absolute atomic E-state index is 0.0350. The number of piperidine rings is 1. The van der Waals surface area contributed by atoms with Gasteiger partial charge in [-0.1, -0.05) is 36.4 Å². The lowest BCUT2D eigenvalue weighted by molar-refractivity contribution is -0.125. The predicted octanol–water partition coefficient (Wildman–Crippen LogP) is 4.10. The first-order valence-corrected chi connectivity index (χ1v) is 11.6. The smallest absolute Gasteiger partial charge is 0.223 e. The van der Waals surface area contributed by atoms with Gasteiger partial charge >= 0.3 is 0 Å². The first-order chi connectivity index (χ1) is 16.5. The van der Waals surface area contributed by atoms with Crippen LogP contribution in [0.4, 0.5) is 10.2 Å². The number of carbonyl (C=O) groups excluding carboxylic acids is 1. The Morgan fingerprint density at radius 2 is 1.74 bits per heavy atom. The molecule has 0 radical (unpaired) electrons. The normalized spacial score (nSPS) is 14.5. The van der Waals surface area contributed by atoms with Gasteiger partial charge in [-0.2, -0.15) is 10.2 Å². The number of rotatable bonds is 5. The van der Waals surface area contributed by atoms with Crippen molar-refractivity contribution in [2.75, 3.05) is 18.0 Å². The number of nitrogens with one attached hydrogen (secondary N) is 1. The lowest BCUT2D eigenvalue weighted by Crippen LogP contribution is -2.41. The van der Waals surface area contributed by atoms with Crippen molar-refractivity contribution in [1.29, 1.82) is 0 Å². The summed E-state index contributed by atoms with van der Waals surface area (Å²) in [7, 11) is 0. The number of aryl methyl sites for hydroxylation is 2. The van der Waals surface area contributed by atoms with E-state index in [1.165, 1.54) is 6.07 Å². The van der Waals surface area contributed by atoms with E-state index < -0.39 is 0 Å². The molecular formula is C26H27FN6O. The van der Waals surface area contributed by atoms with E-state index in [4.69, 9.17) is 5.10 Å². The van der Waals surface area contributed by atoms with Crippen LogP contribution in [0, 0.1) is 25.6 Å². The van der Waals surface area contributed by atoms with Gasteiger partial charge in [0.15, 0.2) is 5.82 Å². The van der Waals surface area contributed by atoms with Crippen LogP contribution in [-0.2, 0) is 11.3 Å². The summed E-state index contributed by atoms with van der Waals surface area (Å²) in [5.74, 6) is 0.307. The second kappa shape index (κ2) is 9.21. The van der Waals surface area contributed by atoms with Crippen molar-refractivity contribution in [3.8, 4) is 5.69 Å². The number of hydrogen-bond acceptors (Lipinski definition) is 5. The van der Waals surface area contributed by atoms with Gasteiger partial charge in [0, 0.05) is 31.1 Å². The van der Waals surface area contributed by atoms with Gasteiger partial charge in [0.1, 0.15) is 11.3 Å². The molecule has 34 heavy (non-hydrogen) atoms. The fourth-order valence-corrected chi connectivity index (χ4v) is 4.67. The average molecular weight is 459 g/mol. The summed E-state index contributed by atoms with van der Waals surface area (Å²) in [6.07, 6.45) is 1.39. The third kappa shape index (κ3) is 4.11. The highest BCUT2D eigenvalue weighted by Crippen LogP contribution is 2.31. The van der Waals surface area contributed by atoms with Crippen molar-refractivity contribution in [3.63, 3.8) is 0 Å². The molecule has 1 saturated heterocycles. The molecule has 5 rings (SSSR count). The molecule has 1 amide bonds.